The van der Waals surface area contributed by atoms with Gasteiger partial charge in [-0.15, -0.1) is 11.3 Å². The van der Waals surface area contributed by atoms with Gasteiger partial charge >= 0.3 is 0 Å². The van der Waals surface area contributed by atoms with Gasteiger partial charge in [0, 0.05) is 31.7 Å². The van der Waals surface area contributed by atoms with Gasteiger partial charge in [0.05, 0.1) is 16.7 Å². The van der Waals surface area contributed by atoms with E-state index in [1.165, 1.54) is 16.1 Å². The molecule has 21 heavy (non-hydrogen) atoms. The Kier molecular flexibility index (Phi) is 4.96. The van der Waals surface area contributed by atoms with Crippen LogP contribution in [0.3, 0.4) is 0 Å². The van der Waals surface area contributed by atoms with E-state index < -0.39 is 0 Å². The summed E-state index contributed by atoms with van der Waals surface area (Å²) in [6.07, 6.45) is 1.96. The summed E-state index contributed by atoms with van der Waals surface area (Å²) in [4.78, 5) is 14.8. The largest absolute Gasteiger partial charge is 0.363 e. The lowest BCUT2D eigenvalue weighted by molar-refractivity contribution is 0.248. The van der Waals surface area contributed by atoms with Crippen molar-refractivity contribution >= 4 is 17.2 Å². The van der Waals surface area contributed by atoms with Gasteiger partial charge in [0.2, 0.25) is 0 Å². The monoisotopic (exact) mass is 304 g/mol. The zero-order chi connectivity index (χ0) is 15.6. The van der Waals surface area contributed by atoms with E-state index in [-0.39, 0.29) is 0 Å². The zero-order valence-electron chi connectivity index (χ0n) is 13.7. The topological polar surface area (TPSA) is 32.3 Å². The van der Waals surface area contributed by atoms with Crippen molar-refractivity contribution in [1.29, 1.82) is 0 Å². The third-order valence-corrected chi connectivity index (χ3v) is 4.60. The van der Waals surface area contributed by atoms with Crippen LogP contribution >= 0.6 is 11.3 Å². The molecule has 0 N–H and O–H groups in total. The molecule has 5 heteroatoms. The second-order valence-electron chi connectivity index (χ2n) is 5.68. The number of hydrogen-bond acceptors (Lipinski definition) is 5. The number of hydrogen-bond donors (Lipinski definition) is 0. The van der Waals surface area contributed by atoms with E-state index in [2.05, 4.69) is 54.8 Å². The average Bonchev–Trinajstić information content (AvgIpc) is 2.77. The second kappa shape index (κ2) is 6.54. The zero-order valence-corrected chi connectivity index (χ0v) is 14.5. The highest BCUT2D eigenvalue weighted by atomic mass is 32.1. The SMILES string of the molecule is Cc1nc(C(C)N(C)Cc2ccc(N(C)C)nc2)c(C)s1. The highest BCUT2D eigenvalue weighted by Gasteiger charge is 2.17. The molecule has 4 nitrogen and oxygen atoms in total. The van der Waals surface area contributed by atoms with Crippen molar-refractivity contribution < 1.29 is 0 Å². The van der Waals surface area contributed by atoms with Crippen molar-refractivity contribution in [2.24, 2.45) is 0 Å². The van der Waals surface area contributed by atoms with Gasteiger partial charge in [-0.2, -0.15) is 0 Å². The molecule has 0 aliphatic heterocycles. The van der Waals surface area contributed by atoms with Crippen LogP contribution in [0.2, 0.25) is 0 Å². The molecule has 0 aliphatic rings. The molecule has 2 rings (SSSR count). The smallest absolute Gasteiger partial charge is 0.127 e. The van der Waals surface area contributed by atoms with E-state index in [0.29, 0.717) is 6.04 Å². The molecule has 114 valence electrons. The van der Waals surface area contributed by atoms with Crippen LogP contribution in [0.1, 0.15) is 34.1 Å². The summed E-state index contributed by atoms with van der Waals surface area (Å²) in [5, 5.41) is 1.14. The van der Waals surface area contributed by atoms with E-state index in [4.69, 9.17) is 0 Å². The Balaban J connectivity index is 2.06. The summed E-state index contributed by atoms with van der Waals surface area (Å²) in [7, 11) is 6.14. The van der Waals surface area contributed by atoms with E-state index >= 15 is 0 Å². The van der Waals surface area contributed by atoms with Gasteiger partial charge in [0.15, 0.2) is 0 Å². The minimum absolute atomic E-state index is 0.309. The number of thiazole rings is 1. The molecule has 2 heterocycles. The minimum Gasteiger partial charge on any atom is -0.363 e. The van der Waals surface area contributed by atoms with Gasteiger partial charge in [-0.05, 0) is 39.4 Å². The Morgan fingerprint density at radius 1 is 1.19 bits per heavy atom. The van der Waals surface area contributed by atoms with E-state index in [9.17, 15) is 0 Å². The number of pyridine rings is 1. The van der Waals surface area contributed by atoms with Crippen molar-refractivity contribution in [2.45, 2.75) is 33.4 Å². The summed E-state index contributed by atoms with van der Waals surface area (Å²) in [6, 6.07) is 4.51. The van der Waals surface area contributed by atoms with Crippen LogP contribution in [0, 0.1) is 13.8 Å². The van der Waals surface area contributed by atoms with Crippen LogP contribution in [0.5, 0.6) is 0 Å². The molecule has 2 aromatic heterocycles. The summed E-state index contributed by atoms with van der Waals surface area (Å²) in [5.74, 6) is 0.987. The van der Waals surface area contributed by atoms with Gasteiger partial charge in [0.25, 0.3) is 0 Å². The third kappa shape index (κ3) is 3.80. The maximum atomic E-state index is 4.66. The van der Waals surface area contributed by atoms with Gasteiger partial charge in [-0.3, -0.25) is 4.90 Å². The molecule has 0 spiro atoms. The Morgan fingerprint density at radius 2 is 1.90 bits per heavy atom. The molecule has 0 saturated carbocycles. The fraction of sp³-hybridized carbons (Fsp3) is 0.500. The van der Waals surface area contributed by atoms with Crippen molar-refractivity contribution in [3.05, 3.63) is 39.5 Å². The highest BCUT2D eigenvalue weighted by Crippen LogP contribution is 2.26. The first-order valence-corrected chi connectivity index (χ1v) is 7.96. The van der Waals surface area contributed by atoms with Crippen LogP contribution in [-0.2, 0) is 6.54 Å². The summed E-state index contributed by atoms with van der Waals surface area (Å²) >= 11 is 1.77. The standard InChI is InChI=1S/C16H24N4S/c1-11(16-12(2)21-13(3)18-16)20(6)10-14-7-8-15(17-9-14)19(4)5/h7-9,11H,10H2,1-6H3. The lowest BCUT2D eigenvalue weighted by Gasteiger charge is -2.24. The molecule has 2 aromatic rings. The van der Waals surface area contributed by atoms with E-state index in [1.54, 1.807) is 11.3 Å². The number of rotatable bonds is 5. The summed E-state index contributed by atoms with van der Waals surface area (Å²) in [6.45, 7) is 7.30. The first-order chi connectivity index (χ1) is 9.88. The minimum atomic E-state index is 0.309. The van der Waals surface area contributed by atoms with Gasteiger partial charge in [-0.1, -0.05) is 6.07 Å². The fourth-order valence-electron chi connectivity index (χ4n) is 2.34. The maximum Gasteiger partial charge on any atom is 0.127 e. The molecule has 0 radical (unpaired) electrons. The lowest BCUT2D eigenvalue weighted by Crippen LogP contribution is -2.23. The van der Waals surface area contributed by atoms with Crippen molar-refractivity contribution in [1.82, 2.24) is 14.9 Å². The maximum absolute atomic E-state index is 4.66. The molecule has 0 aliphatic carbocycles. The van der Waals surface area contributed by atoms with Crippen LogP contribution < -0.4 is 4.90 Å². The van der Waals surface area contributed by atoms with Gasteiger partial charge in [-0.25, -0.2) is 9.97 Å². The van der Waals surface area contributed by atoms with Gasteiger partial charge < -0.3 is 4.90 Å². The van der Waals surface area contributed by atoms with Crippen molar-refractivity contribution in [3.8, 4) is 0 Å². The number of aryl methyl sites for hydroxylation is 2. The van der Waals surface area contributed by atoms with Crippen LogP contribution in [0.25, 0.3) is 0 Å². The molecule has 0 bridgehead atoms. The molecule has 0 amide bonds. The fourth-order valence-corrected chi connectivity index (χ4v) is 3.25. The lowest BCUT2D eigenvalue weighted by atomic mass is 10.1. The second-order valence-corrected chi connectivity index (χ2v) is 7.09. The molecular weight excluding hydrogens is 280 g/mol. The first kappa shape index (κ1) is 15.9. The average molecular weight is 304 g/mol. The Hall–Kier alpha value is -1.46. The van der Waals surface area contributed by atoms with Gasteiger partial charge in [0.1, 0.15) is 5.82 Å². The normalized spacial score (nSPS) is 12.7. The predicted molar refractivity (Wildman–Crippen MR) is 90.0 cm³/mol. The molecule has 1 unspecified atom stereocenters. The number of aromatic nitrogens is 2. The number of nitrogens with zero attached hydrogens (tertiary/aromatic N) is 4. The Labute approximate surface area is 131 Å². The molecular formula is C16H24N4S. The first-order valence-electron chi connectivity index (χ1n) is 7.15. The van der Waals surface area contributed by atoms with Crippen LogP contribution in [-0.4, -0.2) is 36.0 Å². The van der Waals surface area contributed by atoms with Crippen LogP contribution in [0.4, 0.5) is 5.82 Å². The highest BCUT2D eigenvalue weighted by molar-refractivity contribution is 7.11. The Bertz CT molecular complexity index is 589. The van der Waals surface area contributed by atoms with Crippen molar-refractivity contribution in [2.75, 3.05) is 26.0 Å². The van der Waals surface area contributed by atoms with E-state index in [0.717, 1.165) is 17.4 Å². The molecule has 1 atom stereocenters. The Morgan fingerprint density at radius 3 is 2.38 bits per heavy atom. The predicted octanol–water partition coefficient (Wildman–Crippen LogP) is 3.41. The van der Waals surface area contributed by atoms with Crippen LogP contribution in [0.15, 0.2) is 18.3 Å². The molecule has 0 fully saturated rings. The summed E-state index contributed by atoms with van der Waals surface area (Å²) < 4.78 is 0. The molecule has 0 aromatic carbocycles. The quantitative estimate of drug-likeness (QED) is 0.847. The third-order valence-electron chi connectivity index (χ3n) is 3.70. The molecule has 0 saturated heterocycles. The summed E-state index contributed by atoms with van der Waals surface area (Å²) in [5.41, 5.74) is 2.41. The van der Waals surface area contributed by atoms with Crippen molar-refractivity contribution in [3.63, 3.8) is 0 Å². The van der Waals surface area contributed by atoms with E-state index in [1.807, 2.05) is 25.2 Å². The number of anilines is 1.